The summed E-state index contributed by atoms with van der Waals surface area (Å²) in [6.07, 6.45) is 1.62. The number of carbonyl (C=O) groups excluding carboxylic acids is 2. The molecule has 28 heavy (non-hydrogen) atoms. The number of H-pyrrole nitrogens is 1. The Morgan fingerprint density at radius 2 is 1.82 bits per heavy atom. The summed E-state index contributed by atoms with van der Waals surface area (Å²) in [5.74, 6) is -0.0962. The Morgan fingerprint density at radius 3 is 2.57 bits per heavy atom. The van der Waals surface area contributed by atoms with E-state index in [1.807, 2.05) is 24.3 Å². The van der Waals surface area contributed by atoms with Crippen molar-refractivity contribution in [3.05, 3.63) is 65.7 Å². The third kappa shape index (κ3) is 3.74. The van der Waals surface area contributed by atoms with Crippen LogP contribution in [0.2, 0.25) is 0 Å². The van der Waals surface area contributed by atoms with Crippen LogP contribution in [0.1, 0.15) is 34.9 Å². The maximum atomic E-state index is 13.6. The molecule has 0 atom stereocenters. The number of carbonyl (C=O) groups is 2. The molecule has 7 heteroatoms. The van der Waals surface area contributed by atoms with E-state index in [4.69, 9.17) is 0 Å². The van der Waals surface area contributed by atoms with Gasteiger partial charge in [0.25, 0.3) is 5.91 Å². The van der Waals surface area contributed by atoms with Gasteiger partial charge in [-0.05, 0) is 37.1 Å². The van der Waals surface area contributed by atoms with E-state index in [9.17, 15) is 14.0 Å². The highest BCUT2D eigenvalue weighted by atomic mass is 19.1. The van der Waals surface area contributed by atoms with Crippen molar-refractivity contribution in [1.29, 1.82) is 0 Å². The molecule has 1 aliphatic heterocycles. The number of aromatic amines is 1. The van der Waals surface area contributed by atoms with E-state index in [0.29, 0.717) is 13.1 Å². The molecule has 0 radical (unpaired) electrons. The molecule has 144 valence electrons. The SMILES string of the molecule is O=C(NCC(=O)N1CCC(c2nc3ccccc3[nH]2)CC1)c1ccccc1F. The summed E-state index contributed by atoms with van der Waals surface area (Å²) in [5, 5.41) is 2.51. The highest BCUT2D eigenvalue weighted by molar-refractivity contribution is 5.96. The van der Waals surface area contributed by atoms with Gasteiger partial charge < -0.3 is 15.2 Å². The second-order valence-electron chi connectivity index (χ2n) is 6.96. The molecule has 6 nitrogen and oxygen atoms in total. The van der Waals surface area contributed by atoms with Crippen molar-refractivity contribution in [3.63, 3.8) is 0 Å². The van der Waals surface area contributed by atoms with Gasteiger partial charge in [-0.25, -0.2) is 9.37 Å². The van der Waals surface area contributed by atoms with Crippen LogP contribution in [0.3, 0.4) is 0 Å². The zero-order valence-electron chi connectivity index (χ0n) is 15.3. The first-order chi connectivity index (χ1) is 13.6. The highest BCUT2D eigenvalue weighted by Gasteiger charge is 2.26. The molecule has 1 saturated heterocycles. The second kappa shape index (κ2) is 7.80. The van der Waals surface area contributed by atoms with Gasteiger partial charge in [0, 0.05) is 19.0 Å². The minimum Gasteiger partial charge on any atom is -0.343 e. The molecule has 1 aliphatic rings. The number of halogens is 1. The molecule has 0 saturated carbocycles. The average Bonchev–Trinajstić information content (AvgIpc) is 3.16. The van der Waals surface area contributed by atoms with Crippen molar-refractivity contribution in [2.24, 2.45) is 0 Å². The Hall–Kier alpha value is -3.22. The number of nitrogens with zero attached hydrogens (tertiary/aromatic N) is 2. The molecule has 0 aliphatic carbocycles. The number of amides is 2. The number of hydrogen-bond acceptors (Lipinski definition) is 3. The van der Waals surface area contributed by atoms with E-state index in [1.54, 1.807) is 11.0 Å². The number of nitrogens with one attached hydrogen (secondary N) is 2. The lowest BCUT2D eigenvalue weighted by Gasteiger charge is -2.31. The van der Waals surface area contributed by atoms with Crippen LogP contribution < -0.4 is 5.32 Å². The third-order valence-electron chi connectivity index (χ3n) is 5.16. The topological polar surface area (TPSA) is 78.1 Å². The number of likely N-dealkylation sites (tertiary alicyclic amines) is 1. The van der Waals surface area contributed by atoms with Crippen molar-refractivity contribution < 1.29 is 14.0 Å². The summed E-state index contributed by atoms with van der Waals surface area (Å²) in [5.41, 5.74) is 1.91. The fourth-order valence-electron chi connectivity index (χ4n) is 3.58. The molecular weight excluding hydrogens is 359 g/mol. The summed E-state index contributed by atoms with van der Waals surface area (Å²) in [6.45, 7) is 1.08. The monoisotopic (exact) mass is 380 g/mol. The van der Waals surface area contributed by atoms with Gasteiger partial charge in [-0.3, -0.25) is 9.59 Å². The Bertz CT molecular complexity index is 975. The smallest absolute Gasteiger partial charge is 0.254 e. The van der Waals surface area contributed by atoms with Gasteiger partial charge in [0.05, 0.1) is 23.1 Å². The number of benzene rings is 2. The number of fused-ring (bicyclic) bond motifs is 1. The van der Waals surface area contributed by atoms with E-state index >= 15 is 0 Å². The van der Waals surface area contributed by atoms with Gasteiger partial charge in [-0.2, -0.15) is 0 Å². The first-order valence-electron chi connectivity index (χ1n) is 9.37. The van der Waals surface area contributed by atoms with Gasteiger partial charge in [-0.15, -0.1) is 0 Å². The standard InChI is InChI=1S/C21H21FN4O2/c22-16-6-2-1-5-15(16)21(28)23-13-19(27)26-11-9-14(10-12-26)20-24-17-7-3-4-8-18(17)25-20/h1-8,14H,9-13H2,(H,23,28)(H,24,25). The summed E-state index contributed by atoms with van der Waals surface area (Å²) in [4.78, 5) is 34.2. The molecule has 1 fully saturated rings. The zero-order valence-corrected chi connectivity index (χ0v) is 15.3. The number of piperidine rings is 1. The number of imidazole rings is 1. The maximum absolute atomic E-state index is 13.6. The molecular formula is C21H21FN4O2. The van der Waals surface area contributed by atoms with E-state index in [-0.39, 0.29) is 23.9 Å². The van der Waals surface area contributed by atoms with Gasteiger partial charge in [0.1, 0.15) is 11.6 Å². The summed E-state index contributed by atoms with van der Waals surface area (Å²) in [7, 11) is 0. The van der Waals surface area contributed by atoms with Crippen molar-refractivity contribution in [3.8, 4) is 0 Å². The van der Waals surface area contributed by atoms with Crippen LogP contribution in [0, 0.1) is 5.82 Å². The van der Waals surface area contributed by atoms with Crippen molar-refractivity contribution in [1.82, 2.24) is 20.2 Å². The van der Waals surface area contributed by atoms with E-state index in [0.717, 1.165) is 29.7 Å². The largest absolute Gasteiger partial charge is 0.343 e. The van der Waals surface area contributed by atoms with Crippen LogP contribution in [-0.2, 0) is 4.79 Å². The number of para-hydroxylation sites is 2. The summed E-state index contributed by atoms with van der Waals surface area (Å²) < 4.78 is 13.6. The Balaban J connectivity index is 1.30. The fraction of sp³-hybridized carbons (Fsp3) is 0.286. The minimum atomic E-state index is -0.598. The number of aromatic nitrogens is 2. The van der Waals surface area contributed by atoms with Gasteiger partial charge >= 0.3 is 0 Å². The van der Waals surface area contributed by atoms with Gasteiger partial charge in [-0.1, -0.05) is 24.3 Å². The molecule has 3 aromatic rings. The van der Waals surface area contributed by atoms with Crippen molar-refractivity contribution in [2.45, 2.75) is 18.8 Å². The molecule has 0 bridgehead atoms. The lowest BCUT2D eigenvalue weighted by Crippen LogP contribution is -2.44. The molecule has 2 N–H and O–H groups in total. The molecule has 1 aromatic heterocycles. The van der Waals surface area contributed by atoms with Crippen LogP contribution in [0.15, 0.2) is 48.5 Å². The maximum Gasteiger partial charge on any atom is 0.254 e. The Labute approximate surface area is 161 Å². The molecule has 0 spiro atoms. The zero-order chi connectivity index (χ0) is 19.5. The van der Waals surface area contributed by atoms with Crippen molar-refractivity contribution >= 4 is 22.8 Å². The molecule has 2 amide bonds. The average molecular weight is 380 g/mol. The Kier molecular flexibility index (Phi) is 5.06. The Morgan fingerprint density at radius 1 is 1.11 bits per heavy atom. The molecule has 0 unspecified atom stereocenters. The molecule has 2 heterocycles. The fourth-order valence-corrected chi connectivity index (χ4v) is 3.58. The predicted octanol–water partition coefficient (Wildman–Crippen LogP) is 2.84. The summed E-state index contributed by atoms with van der Waals surface area (Å²) in [6, 6.07) is 13.6. The highest BCUT2D eigenvalue weighted by Crippen LogP contribution is 2.27. The van der Waals surface area contributed by atoms with Crippen LogP contribution in [0.4, 0.5) is 4.39 Å². The van der Waals surface area contributed by atoms with E-state index < -0.39 is 11.7 Å². The van der Waals surface area contributed by atoms with Crippen LogP contribution in [0.5, 0.6) is 0 Å². The lowest BCUT2D eigenvalue weighted by atomic mass is 9.96. The van der Waals surface area contributed by atoms with Crippen LogP contribution in [-0.4, -0.2) is 46.3 Å². The first kappa shape index (κ1) is 18.2. The first-order valence-corrected chi connectivity index (χ1v) is 9.37. The minimum absolute atomic E-state index is 0.0566. The predicted molar refractivity (Wildman–Crippen MR) is 103 cm³/mol. The van der Waals surface area contributed by atoms with E-state index in [2.05, 4.69) is 15.3 Å². The number of hydrogen-bond donors (Lipinski definition) is 2. The quantitative estimate of drug-likeness (QED) is 0.731. The molecule has 4 rings (SSSR count). The van der Waals surface area contributed by atoms with Crippen LogP contribution >= 0.6 is 0 Å². The van der Waals surface area contributed by atoms with E-state index in [1.165, 1.54) is 18.2 Å². The third-order valence-corrected chi connectivity index (χ3v) is 5.16. The number of rotatable bonds is 4. The molecule has 2 aromatic carbocycles. The van der Waals surface area contributed by atoms with Crippen molar-refractivity contribution in [2.75, 3.05) is 19.6 Å². The second-order valence-corrected chi connectivity index (χ2v) is 6.96. The normalized spacial score (nSPS) is 15.0. The van der Waals surface area contributed by atoms with Gasteiger partial charge in [0.2, 0.25) is 5.91 Å². The summed E-state index contributed by atoms with van der Waals surface area (Å²) >= 11 is 0. The van der Waals surface area contributed by atoms with Crippen LogP contribution in [0.25, 0.3) is 11.0 Å². The van der Waals surface area contributed by atoms with Gasteiger partial charge in [0.15, 0.2) is 0 Å². The lowest BCUT2D eigenvalue weighted by molar-refractivity contribution is -0.131.